The highest BCUT2D eigenvalue weighted by Gasteiger charge is 2.25. The number of carbonyl (C=O) groups excluding carboxylic acids is 2. The number of allylic oxidation sites excluding steroid dienone is 1. The van der Waals surface area contributed by atoms with E-state index in [1.807, 2.05) is 43.3 Å². The van der Waals surface area contributed by atoms with Crippen LogP contribution in [0.3, 0.4) is 0 Å². The lowest BCUT2D eigenvalue weighted by Crippen LogP contribution is -2.43. The average Bonchev–Trinajstić information content (AvgIpc) is 2.60. The zero-order chi connectivity index (χ0) is 17.2. The van der Waals surface area contributed by atoms with Gasteiger partial charge in [-0.3, -0.25) is 4.79 Å². The van der Waals surface area contributed by atoms with E-state index in [4.69, 9.17) is 9.47 Å². The average molecular weight is 331 g/mol. The summed E-state index contributed by atoms with van der Waals surface area (Å²) in [5.41, 5.74) is 0.946. The molecule has 0 aromatic heterocycles. The molecule has 0 saturated carbocycles. The summed E-state index contributed by atoms with van der Waals surface area (Å²) in [4.78, 5) is 23.5. The van der Waals surface area contributed by atoms with Crippen molar-refractivity contribution in [1.82, 2.24) is 5.32 Å². The second-order valence-electron chi connectivity index (χ2n) is 5.95. The first kappa shape index (κ1) is 18.0. The fraction of sp³-hybridized carbons (Fsp3) is 0.474. The third kappa shape index (κ3) is 6.07. The molecule has 1 N–H and O–H groups in total. The molecule has 0 spiro atoms. The molecule has 5 nitrogen and oxygen atoms in total. The largest absolute Gasteiger partial charge is 0.465 e. The van der Waals surface area contributed by atoms with Crippen molar-refractivity contribution in [2.45, 2.75) is 45.3 Å². The monoisotopic (exact) mass is 331 g/mol. The molecular weight excluding hydrogens is 306 g/mol. The van der Waals surface area contributed by atoms with Crippen LogP contribution in [0.2, 0.25) is 0 Å². The second kappa shape index (κ2) is 9.75. The van der Waals surface area contributed by atoms with E-state index in [-0.39, 0.29) is 24.5 Å². The maximum Gasteiger partial charge on any atom is 0.407 e. The van der Waals surface area contributed by atoms with Gasteiger partial charge in [0.15, 0.2) is 0 Å². The number of amides is 1. The zero-order valence-corrected chi connectivity index (χ0v) is 14.1. The number of esters is 1. The van der Waals surface area contributed by atoms with E-state index in [2.05, 4.69) is 11.4 Å². The van der Waals surface area contributed by atoms with Crippen LogP contribution in [0.25, 0.3) is 0 Å². The molecule has 5 heteroatoms. The Kier molecular flexibility index (Phi) is 7.33. The van der Waals surface area contributed by atoms with Gasteiger partial charge in [-0.05, 0) is 24.8 Å². The van der Waals surface area contributed by atoms with Crippen molar-refractivity contribution in [3.8, 4) is 0 Å². The predicted octanol–water partition coefficient (Wildman–Crippen LogP) is 3.59. The summed E-state index contributed by atoms with van der Waals surface area (Å²) in [6.45, 7) is 2.51. The molecule has 2 atom stereocenters. The lowest BCUT2D eigenvalue weighted by Gasteiger charge is -2.28. The Balaban J connectivity index is 1.78. The lowest BCUT2D eigenvalue weighted by atomic mass is 9.90. The van der Waals surface area contributed by atoms with Gasteiger partial charge in [0.2, 0.25) is 0 Å². The predicted molar refractivity (Wildman–Crippen MR) is 91.3 cm³/mol. The second-order valence-corrected chi connectivity index (χ2v) is 5.95. The molecule has 0 unspecified atom stereocenters. The fourth-order valence-electron chi connectivity index (χ4n) is 2.62. The van der Waals surface area contributed by atoms with Gasteiger partial charge in [0, 0.05) is 18.4 Å². The first-order valence-corrected chi connectivity index (χ1v) is 8.47. The number of hydrogen-bond donors (Lipinski definition) is 1. The molecule has 2 rings (SSSR count). The molecule has 1 aromatic carbocycles. The molecule has 0 heterocycles. The van der Waals surface area contributed by atoms with E-state index < -0.39 is 6.09 Å². The summed E-state index contributed by atoms with van der Waals surface area (Å²) in [7, 11) is 0. The normalized spacial score (nSPS) is 19.5. The summed E-state index contributed by atoms with van der Waals surface area (Å²) >= 11 is 0. The Morgan fingerprint density at radius 2 is 1.88 bits per heavy atom. The van der Waals surface area contributed by atoms with E-state index in [1.165, 1.54) is 0 Å². The molecular formula is C19H25NO4. The van der Waals surface area contributed by atoms with Gasteiger partial charge < -0.3 is 14.8 Å². The van der Waals surface area contributed by atoms with Gasteiger partial charge in [0.1, 0.15) is 6.61 Å². The molecule has 0 aliphatic heterocycles. The summed E-state index contributed by atoms with van der Waals surface area (Å²) in [6, 6.07) is 9.47. The summed E-state index contributed by atoms with van der Waals surface area (Å²) in [6.07, 6.45) is 6.36. The SMILES string of the molecule is CCCC(=O)OC[C@@H]1CC=CC[C@@H]1NC(=O)OCc1ccccc1. The van der Waals surface area contributed by atoms with Gasteiger partial charge >= 0.3 is 12.1 Å². The van der Waals surface area contributed by atoms with Crippen molar-refractivity contribution in [3.63, 3.8) is 0 Å². The van der Waals surface area contributed by atoms with Gasteiger partial charge in [0.05, 0.1) is 6.61 Å². The van der Waals surface area contributed by atoms with Crippen LogP contribution in [0.15, 0.2) is 42.5 Å². The first-order chi connectivity index (χ1) is 11.7. The Morgan fingerprint density at radius 3 is 2.62 bits per heavy atom. The van der Waals surface area contributed by atoms with Gasteiger partial charge in [-0.15, -0.1) is 0 Å². The zero-order valence-electron chi connectivity index (χ0n) is 14.1. The highest BCUT2D eigenvalue weighted by molar-refractivity contribution is 5.69. The van der Waals surface area contributed by atoms with Crippen molar-refractivity contribution in [3.05, 3.63) is 48.0 Å². The van der Waals surface area contributed by atoms with E-state index in [0.29, 0.717) is 13.0 Å². The molecule has 1 aromatic rings. The van der Waals surface area contributed by atoms with Crippen LogP contribution in [0.1, 0.15) is 38.2 Å². The van der Waals surface area contributed by atoms with Crippen LogP contribution in [0.4, 0.5) is 4.79 Å². The molecule has 0 fully saturated rings. The van der Waals surface area contributed by atoms with Gasteiger partial charge in [0.25, 0.3) is 0 Å². The molecule has 1 aliphatic carbocycles. The van der Waals surface area contributed by atoms with Gasteiger partial charge in [-0.25, -0.2) is 4.79 Å². The Morgan fingerprint density at radius 1 is 1.12 bits per heavy atom. The first-order valence-electron chi connectivity index (χ1n) is 8.47. The van der Waals surface area contributed by atoms with E-state index in [9.17, 15) is 9.59 Å². The maximum absolute atomic E-state index is 12.0. The molecule has 0 saturated heterocycles. The maximum atomic E-state index is 12.0. The smallest absolute Gasteiger partial charge is 0.407 e. The number of ether oxygens (including phenoxy) is 2. The van der Waals surface area contributed by atoms with Crippen molar-refractivity contribution < 1.29 is 19.1 Å². The minimum atomic E-state index is -0.441. The molecule has 1 amide bonds. The number of hydrogen-bond acceptors (Lipinski definition) is 4. The van der Waals surface area contributed by atoms with Crippen LogP contribution in [0, 0.1) is 5.92 Å². The Hall–Kier alpha value is -2.30. The molecule has 0 radical (unpaired) electrons. The summed E-state index contributed by atoms with van der Waals surface area (Å²) < 4.78 is 10.6. The number of benzene rings is 1. The van der Waals surface area contributed by atoms with Crippen LogP contribution >= 0.6 is 0 Å². The Bertz CT molecular complexity index is 556. The van der Waals surface area contributed by atoms with Crippen LogP contribution in [-0.4, -0.2) is 24.7 Å². The minimum Gasteiger partial charge on any atom is -0.465 e. The van der Waals surface area contributed by atoms with E-state index in [0.717, 1.165) is 24.8 Å². The number of alkyl carbamates (subject to hydrolysis) is 1. The van der Waals surface area contributed by atoms with Gasteiger partial charge in [-0.1, -0.05) is 49.4 Å². The Labute approximate surface area is 143 Å². The van der Waals surface area contributed by atoms with Crippen molar-refractivity contribution >= 4 is 12.1 Å². The van der Waals surface area contributed by atoms with Crippen molar-refractivity contribution in [1.29, 1.82) is 0 Å². The number of carbonyl (C=O) groups is 2. The van der Waals surface area contributed by atoms with Gasteiger partial charge in [-0.2, -0.15) is 0 Å². The molecule has 1 aliphatic rings. The topological polar surface area (TPSA) is 64.6 Å². The van der Waals surface area contributed by atoms with Crippen LogP contribution < -0.4 is 5.32 Å². The van der Waals surface area contributed by atoms with Crippen molar-refractivity contribution in [2.75, 3.05) is 6.61 Å². The van der Waals surface area contributed by atoms with E-state index in [1.54, 1.807) is 0 Å². The third-order valence-corrected chi connectivity index (χ3v) is 3.99. The third-order valence-electron chi connectivity index (χ3n) is 3.99. The standard InChI is InChI=1S/C19H25NO4/c1-2-8-18(21)23-14-16-11-6-7-12-17(16)20-19(22)24-13-15-9-4-3-5-10-15/h3-7,9-10,16-17H,2,8,11-14H2,1H3,(H,20,22)/t16-,17-/m0/s1. The molecule has 24 heavy (non-hydrogen) atoms. The lowest BCUT2D eigenvalue weighted by molar-refractivity contribution is -0.145. The highest BCUT2D eigenvalue weighted by atomic mass is 16.5. The van der Waals surface area contributed by atoms with E-state index >= 15 is 0 Å². The summed E-state index contributed by atoms with van der Waals surface area (Å²) in [5.74, 6) is -0.0995. The summed E-state index contributed by atoms with van der Waals surface area (Å²) in [5, 5.41) is 2.89. The quantitative estimate of drug-likeness (QED) is 0.612. The number of nitrogens with one attached hydrogen (secondary N) is 1. The minimum absolute atomic E-state index is 0.0762. The van der Waals surface area contributed by atoms with Crippen LogP contribution in [-0.2, 0) is 20.9 Å². The highest BCUT2D eigenvalue weighted by Crippen LogP contribution is 2.20. The molecule has 130 valence electrons. The van der Waals surface area contributed by atoms with Crippen molar-refractivity contribution in [2.24, 2.45) is 5.92 Å². The number of rotatable bonds is 7. The molecule has 0 bridgehead atoms. The van der Waals surface area contributed by atoms with Crippen LogP contribution in [0.5, 0.6) is 0 Å². The fourth-order valence-corrected chi connectivity index (χ4v) is 2.62.